The first-order valence-electron chi connectivity index (χ1n) is 9.39. The Kier molecular flexibility index (Phi) is 6.50. The third-order valence-corrected chi connectivity index (χ3v) is 5.10. The maximum atomic E-state index is 13.2. The van der Waals surface area contributed by atoms with E-state index in [-0.39, 0.29) is 35.3 Å². The minimum absolute atomic E-state index is 0.0430. The van der Waals surface area contributed by atoms with E-state index in [1.807, 2.05) is 0 Å². The highest BCUT2D eigenvalue weighted by molar-refractivity contribution is 6.31. The number of anilines is 2. The number of pyridine rings is 1. The summed E-state index contributed by atoms with van der Waals surface area (Å²) in [7, 11) is 0. The molecule has 172 valence electrons. The Balaban J connectivity index is 1.53. The number of nitrogens with zero attached hydrogens (tertiary/aromatic N) is 2. The fourth-order valence-electron chi connectivity index (χ4n) is 3.08. The van der Waals surface area contributed by atoms with Gasteiger partial charge >= 0.3 is 6.18 Å². The Morgan fingerprint density at radius 2 is 1.94 bits per heavy atom. The van der Waals surface area contributed by atoms with Crippen LogP contribution in [0, 0.1) is 0 Å². The number of nitrogens with one attached hydrogen (secondary N) is 1. The highest BCUT2D eigenvalue weighted by Gasteiger charge is 2.34. The van der Waals surface area contributed by atoms with Crippen molar-refractivity contribution in [1.29, 1.82) is 0 Å². The number of amides is 1. The van der Waals surface area contributed by atoms with E-state index in [9.17, 15) is 18.0 Å². The molecule has 2 heterocycles. The zero-order valence-corrected chi connectivity index (χ0v) is 18.0. The van der Waals surface area contributed by atoms with Gasteiger partial charge in [0.25, 0.3) is 5.91 Å². The lowest BCUT2D eigenvalue weighted by Crippen LogP contribution is -2.38. The summed E-state index contributed by atoms with van der Waals surface area (Å²) in [6.45, 7) is 0.568. The van der Waals surface area contributed by atoms with Crippen LogP contribution in [0.2, 0.25) is 10.0 Å². The molecular formula is C21H14Cl2F3N3O4. The second-order valence-electron chi connectivity index (χ2n) is 6.73. The Morgan fingerprint density at radius 1 is 1.15 bits per heavy atom. The first kappa shape index (κ1) is 23.0. The monoisotopic (exact) mass is 499 g/mol. The molecule has 4 rings (SSSR count). The predicted molar refractivity (Wildman–Crippen MR) is 115 cm³/mol. The molecule has 1 N–H and O–H groups in total. The fourth-order valence-corrected chi connectivity index (χ4v) is 3.47. The van der Waals surface area contributed by atoms with Crippen LogP contribution in [0.4, 0.5) is 24.5 Å². The molecule has 1 aliphatic rings. The maximum absolute atomic E-state index is 13.2. The average molecular weight is 500 g/mol. The zero-order valence-electron chi connectivity index (χ0n) is 16.5. The normalized spacial score (nSPS) is 13.2. The highest BCUT2D eigenvalue weighted by atomic mass is 35.5. The van der Waals surface area contributed by atoms with Crippen molar-refractivity contribution in [3.63, 3.8) is 0 Å². The van der Waals surface area contributed by atoms with Crippen LogP contribution in [0.5, 0.6) is 11.5 Å². The molecule has 1 aliphatic heterocycles. The summed E-state index contributed by atoms with van der Waals surface area (Å²) in [5, 5.41) is -0.300. The van der Waals surface area contributed by atoms with E-state index < -0.39 is 22.7 Å². The molecule has 1 aromatic heterocycles. The number of para-hydroxylation sites is 2. The number of aromatic nitrogens is 1. The van der Waals surface area contributed by atoms with Gasteiger partial charge in [0.1, 0.15) is 12.4 Å². The van der Waals surface area contributed by atoms with Gasteiger partial charge in [-0.05, 0) is 36.4 Å². The van der Waals surface area contributed by atoms with Crippen LogP contribution in [-0.4, -0.2) is 24.0 Å². The lowest BCUT2D eigenvalue weighted by molar-refractivity contribution is -0.179. The number of benzene rings is 2. The van der Waals surface area contributed by atoms with Crippen molar-refractivity contribution in [2.24, 2.45) is 0 Å². The number of hydrogen-bond acceptors (Lipinski definition) is 6. The minimum atomic E-state index is -4.67. The number of fused-ring (bicyclic) bond motifs is 1. The van der Waals surface area contributed by atoms with Crippen LogP contribution < -0.4 is 20.0 Å². The van der Waals surface area contributed by atoms with E-state index in [0.717, 1.165) is 6.07 Å². The summed E-state index contributed by atoms with van der Waals surface area (Å²) in [5.74, 6) is -0.202. The van der Waals surface area contributed by atoms with Crippen LogP contribution in [0.15, 0.2) is 54.7 Å². The molecule has 7 nitrogen and oxygen atoms in total. The van der Waals surface area contributed by atoms with E-state index >= 15 is 0 Å². The first-order chi connectivity index (χ1) is 15.7. The highest BCUT2D eigenvalue weighted by Crippen LogP contribution is 2.37. The van der Waals surface area contributed by atoms with Gasteiger partial charge in [0.05, 0.1) is 33.5 Å². The maximum Gasteiger partial charge on any atom is 0.417 e. The van der Waals surface area contributed by atoms with Crippen LogP contribution in [0.3, 0.4) is 0 Å². The lowest BCUT2D eigenvalue weighted by Gasteiger charge is -2.29. The van der Waals surface area contributed by atoms with Gasteiger partial charge in [0.15, 0.2) is 11.4 Å². The summed E-state index contributed by atoms with van der Waals surface area (Å²) in [4.78, 5) is 28.5. The number of carbonyl (C=O) groups is 1. The summed E-state index contributed by atoms with van der Waals surface area (Å²) in [6, 6.07) is 11.3. The molecule has 0 saturated heterocycles. The van der Waals surface area contributed by atoms with Gasteiger partial charge in [-0.3, -0.25) is 4.79 Å². The SMILES string of the molecule is O=C(c1ncc(Cl)cc1NOOc1ccc(Cl)c(C(F)(F)F)c1)N1CCOc2ccccc21. The van der Waals surface area contributed by atoms with Gasteiger partial charge in [-0.25, -0.2) is 10.5 Å². The molecular weight excluding hydrogens is 486 g/mol. The average Bonchev–Trinajstić information content (AvgIpc) is 2.79. The quantitative estimate of drug-likeness (QED) is 0.354. The lowest BCUT2D eigenvalue weighted by atomic mass is 10.2. The Labute approximate surface area is 195 Å². The largest absolute Gasteiger partial charge is 0.490 e. The van der Waals surface area contributed by atoms with Crippen molar-refractivity contribution in [2.45, 2.75) is 6.18 Å². The molecule has 0 saturated carbocycles. The number of alkyl halides is 3. The Hall–Kier alpha value is -3.21. The van der Waals surface area contributed by atoms with Crippen LogP contribution in [-0.2, 0) is 11.2 Å². The molecule has 0 fully saturated rings. The molecule has 2 aromatic carbocycles. The van der Waals surface area contributed by atoms with Crippen molar-refractivity contribution < 1.29 is 32.6 Å². The molecule has 0 unspecified atom stereocenters. The fraction of sp³-hybridized carbons (Fsp3) is 0.143. The topological polar surface area (TPSA) is 72.9 Å². The second kappa shape index (κ2) is 9.34. The molecule has 0 radical (unpaired) electrons. The molecule has 1 amide bonds. The van der Waals surface area contributed by atoms with E-state index in [4.69, 9.17) is 37.8 Å². The first-order valence-corrected chi connectivity index (χ1v) is 10.1. The molecule has 0 bridgehead atoms. The predicted octanol–water partition coefficient (Wildman–Crippen LogP) is 5.78. The number of carbonyl (C=O) groups excluding carboxylic acids is 1. The Morgan fingerprint density at radius 3 is 2.73 bits per heavy atom. The van der Waals surface area contributed by atoms with Gasteiger partial charge in [-0.1, -0.05) is 40.3 Å². The molecule has 33 heavy (non-hydrogen) atoms. The molecule has 0 aliphatic carbocycles. The summed E-state index contributed by atoms with van der Waals surface area (Å²) in [5.41, 5.74) is 1.83. The Bertz CT molecular complexity index is 1190. The van der Waals surface area contributed by atoms with Crippen molar-refractivity contribution in [3.8, 4) is 11.5 Å². The number of ether oxygens (including phenoxy) is 1. The molecule has 12 heteroatoms. The second-order valence-corrected chi connectivity index (χ2v) is 7.57. The minimum Gasteiger partial charge on any atom is -0.490 e. The third-order valence-electron chi connectivity index (χ3n) is 4.56. The van der Waals surface area contributed by atoms with Crippen LogP contribution >= 0.6 is 23.2 Å². The van der Waals surface area contributed by atoms with Gasteiger partial charge in [-0.15, -0.1) is 0 Å². The van der Waals surface area contributed by atoms with Gasteiger partial charge in [-0.2, -0.15) is 13.2 Å². The van der Waals surface area contributed by atoms with Gasteiger partial charge in [0.2, 0.25) is 0 Å². The van der Waals surface area contributed by atoms with Gasteiger partial charge in [0, 0.05) is 6.20 Å². The molecule has 0 spiro atoms. The summed E-state index contributed by atoms with van der Waals surface area (Å²) in [6.07, 6.45) is -3.39. The summed E-state index contributed by atoms with van der Waals surface area (Å²) >= 11 is 11.6. The smallest absolute Gasteiger partial charge is 0.417 e. The van der Waals surface area contributed by atoms with Crippen molar-refractivity contribution in [2.75, 3.05) is 23.5 Å². The number of rotatable bonds is 5. The molecule has 3 aromatic rings. The summed E-state index contributed by atoms with van der Waals surface area (Å²) < 4.78 is 44.6. The third kappa shape index (κ3) is 5.08. The molecule has 0 atom stereocenters. The number of halogens is 5. The van der Waals surface area contributed by atoms with Crippen LogP contribution in [0.25, 0.3) is 0 Å². The van der Waals surface area contributed by atoms with Crippen molar-refractivity contribution in [3.05, 3.63) is 76.0 Å². The van der Waals surface area contributed by atoms with E-state index in [2.05, 4.69) is 10.5 Å². The standard InChI is InChI=1S/C21H14Cl2F3N3O4/c22-12-9-16(28-33-32-13-5-6-15(23)14(10-13)21(24,25)26)19(27-11-12)20(30)29-7-8-31-18-4-2-1-3-17(18)29/h1-6,9-11,28H,7-8H2. The zero-order chi connectivity index (χ0) is 23.6. The van der Waals surface area contributed by atoms with E-state index in [0.29, 0.717) is 17.5 Å². The van der Waals surface area contributed by atoms with Crippen molar-refractivity contribution >= 4 is 40.5 Å². The van der Waals surface area contributed by atoms with E-state index in [1.165, 1.54) is 23.2 Å². The number of hydrogen-bond donors (Lipinski definition) is 1. The van der Waals surface area contributed by atoms with Gasteiger partial charge < -0.3 is 14.5 Å². The van der Waals surface area contributed by atoms with E-state index in [1.54, 1.807) is 24.3 Å². The van der Waals surface area contributed by atoms with Crippen molar-refractivity contribution in [1.82, 2.24) is 4.98 Å². The van der Waals surface area contributed by atoms with Crippen LogP contribution in [0.1, 0.15) is 16.1 Å².